The summed E-state index contributed by atoms with van der Waals surface area (Å²) in [6.07, 6.45) is 2.68. The first-order chi connectivity index (χ1) is 8.74. The summed E-state index contributed by atoms with van der Waals surface area (Å²) in [5.41, 5.74) is 3.12. The average Bonchev–Trinajstić information content (AvgIpc) is 2.39. The zero-order valence-electron chi connectivity index (χ0n) is 11.6. The first kappa shape index (κ1) is 12.2. The molecule has 0 aliphatic carbocycles. The maximum Gasteiger partial charge on any atom is 0.0239 e. The molecule has 0 bridgehead atoms. The van der Waals surface area contributed by atoms with E-state index in [0.29, 0.717) is 5.92 Å². The summed E-state index contributed by atoms with van der Waals surface area (Å²) in [4.78, 5) is 5.18. The van der Waals surface area contributed by atoms with E-state index in [0.717, 1.165) is 12.6 Å². The van der Waals surface area contributed by atoms with Gasteiger partial charge in [-0.05, 0) is 50.0 Å². The van der Waals surface area contributed by atoms with Crippen LogP contribution in [0.2, 0.25) is 0 Å². The van der Waals surface area contributed by atoms with E-state index >= 15 is 0 Å². The molecule has 2 aliphatic rings. The van der Waals surface area contributed by atoms with Crippen LogP contribution in [0, 0.1) is 0 Å². The molecule has 0 N–H and O–H groups in total. The molecule has 0 radical (unpaired) electrons. The molecule has 2 heterocycles. The van der Waals surface area contributed by atoms with E-state index in [1.54, 1.807) is 11.1 Å². The van der Waals surface area contributed by atoms with Crippen molar-refractivity contribution in [1.82, 2.24) is 9.80 Å². The van der Waals surface area contributed by atoms with Gasteiger partial charge in [-0.2, -0.15) is 0 Å². The topological polar surface area (TPSA) is 6.48 Å². The third-order valence-electron chi connectivity index (χ3n) is 4.67. The fourth-order valence-corrected chi connectivity index (χ4v) is 3.53. The molecule has 1 saturated heterocycles. The van der Waals surface area contributed by atoms with Gasteiger partial charge in [-0.15, -0.1) is 0 Å². The summed E-state index contributed by atoms with van der Waals surface area (Å²) in [6.45, 7) is 7.30. The van der Waals surface area contributed by atoms with Crippen LogP contribution in [-0.2, 0) is 6.54 Å². The van der Waals surface area contributed by atoms with Crippen LogP contribution in [0.5, 0.6) is 0 Å². The van der Waals surface area contributed by atoms with Crippen LogP contribution < -0.4 is 0 Å². The van der Waals surface area contributed by atoms with Crippen molar-refractivity contribution in [2.45, 2.75) is 38.3 Å². The largest absolute Gasteiger partial charge is 0.306 e. The molecule has 0 aromatic heterocycles. The van der Waals surface area contributed by atoms with Gasteiger partial charge in [0.1, 0.15) is 0 Å². The molecule has 0 saturated carbocycles. The van der Waals surface area contributed by atoms with Gasteiger partial charge in [-0.25, -0.2) is 0 Å². The van der Waals surface area contributed by atoms with Gasteiger partial charge in [-0.3, -0.25) is 4.90 Å². The predicted molar refractivity (Wildman–Crippen MR) is 75.8 cm³/mol. The highest BCUT2D eigenvalue weighted by Gasteiger charge is 2.28. The SMILES string of the molecule is CC1CN(C2CCN(C)CC2)Cc2ccccc21. The minimum Gasteiger partial charge on any atom is -0.306 e. The minimum atomic E-state index is 0.689. The molecule has 1 fully saturated rings. The quantitative estimate of drug-likeness (QED) is 0.749. The lowest BCUT2D eigenvalue weighted by atomic mass is 9.89. The van der Waals surface area contributed by atoms with Gasteiger partial charge in [0.25, 0.3) is 0 Å². The van der Waals surface area contributed by atoms with Crippen molar-refractivity contribution in [2.24, 2.45) is 0 Å². The lowest BCUT2D eigenvalue weighted by Crippen LogP contribution is -2.46. The van der Waals surface area contributed by atoms with Gasteiger partial charge < -0.3 is 4.90 Å². The number of nitrogens with zero attached hydrogens (tertiary/aromatic N) is 2. The Labute approximate surface area is 111 Å². The Morgan fingerprint density at radius 3 is 2.61 bits per heavy atom. The van der Waals surface area contributed by atoms with E-state index in [9.17, 15) is 0 Å². The Balaban J connectivity index is 1.73. The van der Waals surface area contributed by atoms with Gasteiger partial charge in [0.05, 0.1) is 0 Å². The normalized spacial score (nSPS) is 27.1. The highest BCUT2D eigenvalue weighted by atomic mass is 15.2. The molecule has 1 aromatic carbocycles. The zero-order valence-corrected chi connectivity index (χ0v) is 11.6. The molecule has 98 valence electrons. The lowest BCUT2D eigenvalue weighted by molar-refractivity contribution is 0.102. The Kier molecular flexibility index (Phi) is 3.40. The van der Waals surface area contributed by atoms with E-state index in [1.807, 2.05) is 0 Å². The van der Waals surface area contributed by atoms with E-state index in [1.165, 1.54) is 32.5 Å². The van der Waals surface area contributed by atoms with E-state index < -0.39 is 0 Å². The van der Waals surface area contributed by atoms with Gasteiger partial charge in [0.15, 0.2) is 0 Å². The zero-order chi connectivity index (χ0) is 12.5. The molecule has 0 spiro atoms. The van der Waals surface area contributed by atoms with E-state index in [-0.39, 0.29) is 0 Å². The summed E-state index contributed by atoms with van der Waals surface area (Å²) >= 11 is 0. The second-order valence-electron chi connectivity index (χ2n) is 6.06. The Hall–Kier alpha value is -0.860. The van der Waals surface area contributed by atoms with Gasteiger partial charge >= 0.3 is 0 Å². The maximum atomic E-state index is 2.72. The molecule has 1 aromatic rings. The number of hydrogen-bond acceptors (Lipinski definition) is 2. The number of fused-ring (bicyclic) bond motifs is 1. The van der Waals surface area contributed by atoms with Crippen molar-refractivity contribution in [3.8, 4) is 0 Å². The minimum absolute atomic E-state index is 0.689. The van der Waals surface area contributed by atoms with Crippen molar-refractivity contribution in [2.75, 3.05) is 26.7 Å². The van der Waals surface area contributed by atoms with Crippen LogP contribution in [0.4, 0.5) is 0 Å². The number of benzene rings is 1. The third kappa shape index (κ3) is 2.32. The van der Waals surface area contributed by atoms with Crippen LogP contribution in [0.3, 0.4) is 0 Å². The van der Waals surface area contributed by atoms with Gasteiger partial charge in [0.2, 0.25) is 0 Å². The average molecular weight is 244 g/mol. The summed E-state index contributed by atoms with van der Waals surface area (Å²) < 4.78 is 0. The summed E-state index contributed by atoms with van der Waals surface area (Å²) in [6, 6.07) is 9.79. The van der Waals surface area contributed by atoms with E-state index in [4.69, 9.17) is 0 Å². The molecule has 2 nitrogen and oxygen atoms in total. The standard InChI is InChI=1S/C16H24N2/c1-13-11-18(15-7-9-17(2)10-8-15)12-14-5-3-4-6-16(13)14/h3-6,13,15H,7-12H2,1-2H3. The van der Waals surface area contributed by atoms with Crippen molar-refractivity contribution in [3.05, 3.63) is 35.4 Å². The van der Waals surface area contributed by atoms with Crippen molar-refractivity contribution < 1.29 is 0 Å². The fourth-order valence-electron chi connectivity index (χ4n) is 3.53. The number of piperidine rings is 1. The number of rotatable bonds is 1. The highest BCUT2D eigenvalue weighted by Crippen LogP contribution is 2.30. The van der Waals surface area contributed by atoms with Crippen molar-refractivity contribution in [1.29, 1.82) is 0 Å². The summed E-state index contributed by atoms with van der Waals surface area (Å²) in [5, 5.41) is 0. The summed E-state index contributed by atoms with van der Waals surface area (Å²) in [7, 11) is 2.24. The maximum absolute atomic E-state index is 2.72. The molecule has 1 unspecified atom stereocenters. The molecular formula is C16H24N2. The van der Waals surface area contributed by atoms with E-state index in [2.05, 4.69) is 48.0 Å². The van der Waals surface area contributed by atoms with Crippen molar-refractivity contribution in [3.63, 3.8) is 0 Å². The fraction of sp³-hybridized carbons (Fsp3) is 0.625. The molecule has 2 aliphatic heterocycles. The second-order valence-corrected chi connectivity index (χ2v) is 6.06. The molecule has 3 rings (SSSR count). The molecule has 2 heteroatoms. The van der Waals surface area contributed by atoms with Crippen LogP contribution in [-0.4, -0.2) is 42.5 Å². The Morgan fingerprint density at radius 1 is 1.11 bits per heavy atom. The van der Waals surface area contributed by atoms with Crippen LogP contribution in [0.25, 0.3) is 0 Å². The predicted octanol–water partition coefficient (Wildman–Crippen LogP) is 2.70. The molecule has 1 atom stereocenters. The van der Waals surface area contributed by atoms with Crippen LogP contribution in [0.1, 0.15) is 36.8 Å². The highest BCUT2D eigenvalue weighted by molar-refractivity contribution is 5.32. The first-order valence-corrected chi connectivity index (χ1v) is 7.24. The second kappa shape index (κ2) is 5.02. The van der Waals surface area contributed by atoms with Crippen LogP contribution >= 0.6 is 0 Å². The monoisotopic (exact) mass is 244 g/mol. The number of hydrogen-bond donors (Lipinski definition) is 0. The van der Waals surface area contributed by atoms with Gasteiger partial charge in [-0.1, -0.05) is 31.2 Å². The molecular weight excluding hydrogens is 220 g/mol. The summed E-state index contributed by atoms with van der Waals surface area (Å²) in [5.74, 6) is 0.689. The van der Waals surface area contributed by atoms with Crippen LogP contribution in [0.15, 0.2) is 24.3 Å². The smallest absolute Gasteiger partial charge is 0.0239 e. The third-order valence-corrected chi connectivity index (χ3v) is 4.67. The number of likely N-dealkylation sites (tertiary alicyclic amines) is 1. The Morgan fingerprint density at radius 2 is 1.83 bits per heavy atom. The lowest BCUT2D eigenvalue weighted by Gasteiger charge is -2.41. The van der Waals surface area contributed by atoms with Gasteiger partial charge in [0, 0.05) is 19.1 Å². The first-order valence-electron chi connectivity index (χ1n) is 7.24. The molecule has 0 amide bonds. The molecule has 18 heavy (non-hydrogen) atoms. The Bertz CT molecular complexity index is 407. The van der Waals surface area contributed by atoms with Crippen molar-refractivity contribution >= 4 is 0 Å².